The van der Waals surface area contributed by atoms with E-state index in [4.69, 9.17) is 0 Å². The van der Waals surface area contributed by atoms with Crippen LogP contribution in [0.1, 0.15) is 0 Å². The number of H-pyrrole nitrogens is 1. The molecule has 6 nitrogen and oxygen atoms in total. The Morgan fingerprint density at radius 3 is 2.78 bits per heavy atom. The highest BCUT2D eigenvalue weighted by Crippen LogP contribution is 2.35. The minimum absolute atomic E-state index is 0.0805. The lowest BCUT2D eigenvalue weighted by Crippen LogP contribution is -1.75. The molecule has 3 aromatic rings. The molecule has 18 heavy (non-hydrogen) atoms. The van der Waals surface area contributed by atoms with Gasteiger partial charge in [0.15, 0.2) is 0 Å². The Morgan fingerprint density at radius 2 is 1.94 bits per heavy atom. The van der Waals surface area contributed by atoms with Crippen LogP contribution < -0.4 is 0 Å². The number of aromatic nitrogens is 3. The highest BCUT2D eigenvalue weighted by molar-refractivity contribution is 5.95. The van der Waals surface area contributed by atoms with Gasteiger partial charge in [0.25, 0.3) is 5.95 Å². The van der Waals surface area contributed by atoms with Gasteiger partial charge in [-0.15, -0.1) is 10.2 Å². The van der Waals surface area contributed by atoms with E-state index in [0.29, 0.717) is 11.6 Å². The van der Waals surface area contributed by atoms with E-state index in [0.717, 1.165) is 10.8 Å². The van der Waals surface area contributed by atoms with Crippen molar-refractivity contribution in [2.24, 2.45) is 10.2 Å². The summed E-state index contributed by atoms with van der Waals surface area (Å²) in [4.78, 5) is 3.83. The third-order valence-corrected chi connectivity index (χ3v) is 2.53. The minimum atomic E-state index is 0.0805. The molecular formula is C12H9N5O. The Kier molecular flexibility index (Phi) is 2.45. The quantitative estimate of drug-likeness (QED) is 0.673. The first-order valence-electron chi connectivity index (χ1n) is 5.32. The average Bonchev–Trinajstić information content (AvgIpc) is 2.91. The molecule has 1 aromatic heterocycles. The van der Waals surface area contributed by atoms with Crippen molar-refractivity contribution >= 4 is 22.4 Å². The van der Waals surface area contributed by atoms with Crippen molar-refractivity contribution in [2.45, 2.75) is 0 Å². The Balaban J connectivity index is 2.13. The normalized spacial score (nSPS) is 11.3. The van der Waals surface area contributed by atoms with Gasteiger partial charge in [-0.1, -0.05) is 30.3 Å². The summed E-state index contributed by atoms with van der Waals surface area (Å²) in [7, 11) is 0. The zero-order chi connectivity index (χ0) is 12.4. The second kappa shape index (κ2) is 4.25. The fraction of sp³-hybridized carbons (Fsp3) is 0. The van der Waals surface area contributed by atoms with E-state index < -0.39 is 0 Å². The maximum Gasteiger partial charge on any atom is 0.264 e. The summed E-state index contributed by atoms with van der Waals surface area (Å²) < 4.78 is 0. The van der Waals surface area contributed by atoms with Gasteiger partial charge in [-0.05, 0) is 11.5 Å². The van der Waals surface area contributed by atoms with Crippen LogP contribution in [0.15, 0.2) is 53.0 Å². The predicted octanol–water partition coefficient (Wildman–Crippen LogP) is 3.08. The van der Waals surface area contributed by atoms with Gasteiger partial charge >= 0.3 is 0 Å². The molecule has 0 bridgehead atoms. The first kappa shape index (κ1) is 10.4. The molecule has 0 aliphatic carbocycles. The SMILES string of the molecule is Oc1ccc2ccccc2c1N=Nc1ncn[nH]1. The Labute approximate surface area is 102 Å². The summed E-state index contributed by atoms with van der Waals surface area (Å²) in [5, 5.41) is 25.8. The van der Waals surface area contributed by atoms with Crippen molar-refractivity contribution in [3.05, 3.63) is 42.7 Å². The Morgan fingerprint density at radius 1 is 1.06 bits per heavy atom. The molecule has 6 heteroatoms. The molecule has 0 amide bonds. The number of hydrogen-bond acceptors (Lipinski definition) is 5. The summed E-state index contributed by atoms with van der Waals surface area (Å²) in [5.74, 6) is 0.374. The van der Waals surface area contributed by atoms with Gasteiger partial charge in [0.05, 0.1) is 0 Å². The highest BCUT2D eigenvalue weighted by atomic mass is 16.3. The van der Waals surface area contributed by atoms with E-state index in [1.807, 2.05) is 30.3 Å². The molecule has 0 aliphatic rings. The molecule has 0 spiro atoms. The van der Waals surface area contributed by atoms with E-state index in [1.165, 1.54) is 6.33 Å². The predicted molar refractivity (Wildman–Crippen MR) is 66.2 cm³/mol. The fourth-order valence-electron chi connectivity index (χ4n) is 1.69. The molecule has 0 fully saturated rings. The second-order valence-electron chi connectivity index (χ2n) is 3.66. The van der Waals surface area contributed by atoms with Crippen LogP contribution in [0.3, 0.4) is 0 Å². The van der Waals surface area contributed by atoms with Gasteiger partial charge in [-0.2, -0.15) is 10.1 Å². The highest BCUT2D eigenvalue weighted by Gasteiger charge is 2.05. The number of aromatic hydroxyl groups is 1. The summed E-state index contributed by atoms with van der Waals surface area (Å²) in [6.45, 7) is 0. The molecule has 0 unspecified atom stereocenters. The van der Waals surface area contributed by atoms with Gasteiger partial charge in [0, 0.05) is 5.39 Å². The van der Waals surface area contributed by atoms with Crippen LogP contribution in [0.5, 0.6) is 5.75 Å². The van der Waals surface area contributed by atoms with Crippen LogP contribution in [-0.2, 0) is 0 Å². The first-order chi connectivity index (χ1) is 8.84. The fourth-order valence-corrected chi connectivity index (χ4v) is 1.69. The molecule has 2 aromatic carbocycles. The molecular weight excluding hydrogens is 230 g/mol. The molecule has 3 rings (SSSR count). The lowest BCUT2D eigenvalue weighted by Gasteiger charge is -2.02. The van der Waals surface area contributed by atoms with Crippen molar-refractivity contribution in [2.75, 3.05) is 0 Å². The monoisotopic (exact) mass is 239 g/mol. The number of rotatable bonds is 2. The van der Waals surface area contributed by atoms with Crippen LogP contribution in [-0.4, -0.2) is 20.3 Å². The summed E-state index contributed by atoms with van der Waals surface area (Å²) in [6.07, 6.45) is 1.34. The number of nitrogens with zero attached hydrogens (tertiary/aromatic N) is 4. The van der Waals surface area contributed by atoms with Crippen LogP contribution in [0, 0.1) is 0 Å². The third kappa shape index (κ3) is 1.80. The number of aromatic amines is 1. The topological polar surface area (TPSA) is 86.5 Å². The van der Waals surface area contributed by atoms with Gasteiger partial charge in [-0.3, -0.25) is 0 Å². The molecule has 0 radical (unpaired) electrons. The van der Waals surface area contributed by atoms with Crippen molar-refractivity contribution in [1.29, 1.82) is 0 Å². The van der Waals surface area contributed by atoms with E-state index >= 15 is 0 Å². The number of fused-ring (bicyclic) bond motifs is 1. The number of phenolic OH excluding ortho intramolecular Hbond substituents is 1. The van der Waals surface area contributed by atoms with E-state index in [1.54, 1.807) is 6.07 Å². The molecule has 88 valence electrons. The molecule has 1 heterocycles. The average molecular weight is 239 g/mol. The van der Waals surface area contributed by atoms with Crippen LogP contribution >= 0.6 is 0 Å². The Bertz CT molecular complexity index is 706. The number of hydrogen-bond donors (Lipinski definition) is 2. The zero-order valence-corrected chi connectivity index (χ0v) is 9.28. The molecule has 0 aliphatic heterocycles. The smallest absolute Gasteiger partial charge is 0.264 e. The number of benzene rings is 2. The molecule has 0 atom stereocenters. The largest absolute Gasteiger partial charge is 0.506 e. The molecule has 0 saturated heterocycles. The van der Waals surface area contributed by atoms with E-state index in [9.17, 15) is 5.11 Å². The van der Waals surface area contributed by atoms with Gasteiger partial charge in [-0.25, -0.2) is 5.10 Å². The lowest BCUT2D eigenvalue weighted by atomic mass is 10.1. The summed E-state index contributed by atoms with van der Waals surface area (Å²) >= 11 is 0. The van der Waals surface area contributed by atoms with Crippen LogP contribution in [0.4, 0.5) is 11.6 Å². The summed E-state index contributed by atoms with van der Waals surface area (Å²) in [5.41, 5.74) is 0.421. The van der Waals surface area contributed by atoms with Gasteiger partial charge < -0.3 is 5.11 Å². The van der Waals surface area contributed by atoms with E-state index in [-0.39, 0.29) is 5.75 Å². The van der Waals surface area contributed by atoms with Gasteiger partial charge in [0.1, 0.15) is 17.8 Å². The minimum Gasteiger partial charge on any atom is -0.506 e. The summed E-state index contributed by atoms with van der Waals surface area (Å²) in [6, 6.07) is 11.1. The Hall–Kier alpha value is -2.76. The zero-order valence-electron chi connectivity index (χ0n) is 9.28. The maximum absolute atomic E-state index is 9.84. The molecule has 2 N–H and O–H groups in total. The first-order valence-corrected chi connectivity index (χ1v) is 5.32. The van der Waals surface area contributed by atoms with Crippen LogP contribution in [0.2, 0.25) is 0 Å². The third-order valence-electron chi connectivity index (χ3n) is 2.53. The van der Waals surface area contributed by atoms with Crippen molar-refractivity contribution in [1.82, 2.24) is 15.2 Å². The lowest BCUT2D eigenvalue weighted by molar-refractivity contribution is 0.477. The number of azo groups is 1. The molecule has 0 saturated carbocycles. The van der Waals surface area contributed by atoms with E-state index in [2.05, 4.69) is 25.4 Å². The van der Waals surface area contributed by atoms with Crippen molar-refractivity contribution < 1.29 is 5.11 Å². The second-order valence-corrected chi connectivity index (χ2v) is 3.66. The number of phenols is 1. The standard InChI is InChI=1S/C12H9N5O/c18-10-6-5-8-3-1-2-4-9(8)11(10)15-17-12-13-7-14-16-12/h1-7,18H,(H,13,14,16). The number of nitrogens with one attached hydrogen (secondary N) is 1. The van der Waals surface area contributed by atoms with Crippen molar-refractivity contribution in [3.8, 4) is 5.75 Å². The van der Waals surface area contributed by atoms with Gasteiger partial charge in [0.2, 0.25) is 0 Å². The van der Waals surface area contributed by atoms with Crippen LogP contribution in [0.25, 0.3) is 10.8 Å². The van der Waals surface area contributed by atoms with Crippen molar-refractivity contribution in [3.63, 3.8) is 0 Å². The maximum atomic E-state index is 9.84.